The summed E-state index contributed by atoms with van der Waals surface area (Å²) < 4.78 is 6.22. The van der Waals surface area contributed by atoms with Gasteiger partial charge in [0.2, 0.25) is 5.89 Å². The average Bonchev–Trinajstić information content (AvgIpc) is 2.73. The van der Waals surface area contributed by atoms with E-state index in [1.807, 2.05) is 24.3 Å². The van der Waals surface area contributed by atoms with E-state index in [1.165, 1.54) is 0 Å². The number of hydrogen-bond donors (Lipinski definition) is 1. The van der Waals surface area contributed by atoms with E-state index in [9.17, 15) is 0 Å². The minimum absolute atomic E-state index is 0.536. The molecule has 0 atom stereocenters. The molecule has 96 valence electrons. The van der Waals surface area contributed by atoms with Crippen molar-refractivity contribution in [3.05, 3.63) is 40.5 Å². The largest absolute Gasteiger partial charge is 0.376 e. The van der Waals surface area contributed by atoms with E-state index in [1.54, 1.807) is 0 Å². The number of anilines is 1. The minimum Gasteiger partial charge on any atom is -0.376 e. The molecule has 0 aliphatic rings. The Morgan fingerprint density at radius 1 is 1.39 bits per heavy atom. The Morgan fingerprint density at radius 2 is 2.22 bits per heavy atom. The van der Waals surface area contributed by atoms with Crippen LogP contribution in [0.1, 0.15) is 25.6 Å². The highest BCUT2D eigenvalue weighted by atomic mass is 79.9. The third kappa shape index (κ3) is 3.84. The molecule has 1 aromatic heterocycles. The number of halogens is 1. The summed E-state index contributed by atoms with van der Waals surface area (Å²) in [5.74, 6) is 1.93. The van der Waals surface area contributed by atoms with Crippen LogP contribution in [-0.2, 0) is 13.0 Å². The summed E-state index contributed by atoms with van der Waals surface area (Å²) in [6, 6.07) is 7.96. The summed E-state index contributed by atoms with van der Waals surface area (Å²) in [6.07, 6.45) is 0.848. The molecule has 0 aliphatic heterocycles. The molecule has 0 aliphatic carbocycles. The molecule has 1 heterocycles. The quantitative estimate of drug-likeness (QED) is 0.916. The monoisotopic (exact) mass is 309 g/mol. The highest BCUT2D eigenvalue weighted by Gasteiger charge is 2.07. The Bertz CT molecular complexity index is 510. The number of nitrogens with zero attached hydrogens (tertiary/aromatic N) is 2. The third-order valence-corrected chi connectivity index (χ3v) is 2.86. The van der Waals surface area contributed by atoms with Crippen molar-refractivity contribution in [1.29, 1.82) is 0 Å². The number of nitrogens with one attached hydrogen (secondary N) is 1. The van der Waals surface area contributed by atoms with Crippen LogP contribution in [0, 0.1) is 5.92 Å². The van der Waals surface area contributed by atoms with Crippen molar-refractivity contribution in [1.82, 2.24) is 10.1 Å². The fraction of sp³-hybridized carbons (Fsp3) is 0.385. The van der Waals surface area contributed by atoms with Crippen molar-refractivity contribution in [3.63, 3.8) is 0 Å². The van der Waals surface area contributed by atoms with Crippen molar-refractivity contribution >= 4 is 21.6 Å². The first-order valence-electron chi connectivity index (χ1n) is 5.94. The molecule has 1 N–H and O–H groups in total. The van der Waals surface area contributed by atoms with Gasteiger partial charge < -0.3 is 9.84 Å². The van der Waals surface area contributed by atoms with Crippen LogP contribution in [-0.4, -0.2) is 10.1 Å². The molecule has 2 aromatic rings. The summed E-state index contributed by atoms with van der Waals surface area (Å²) in [6.45, 7) is 4.81. The SMILES string of the molecule is CC(C)Cc1noc(CNc2cccc(Br)c2)n1. The maximum atomic E-state index is 5.18. The van der Waals surface area contributed by atoms with Gasteiger partial charge in [0.05, 0.1) is 6.54 Å². The van der Waals surface area contributed by atoms with Gasteiger partial charge in [0.25, 0.3) is 0 Å². The highest BCUT2D eigenvalue weighted by Crippen LogP contribution is 2.16. The predicted octanol–water partition coefficient (Wildman–Crippen LogP) is 3.64. The van der Waals surface area contributed by atoms with Crippen molar-refractivity contribution in [3.8, 4) is 0 Å². The Hall–Kier alpha value is -1.36. The Kier molecular flexibility index (Phi) is 4.36. The zero-order valence-electron chi connectivity index (χ0n) is 10.5. The summed E-state index contributed by atoms with van der Waals surface area (Å²) in [7, 11) is 0. The average molecular weight is 310 g/mol. The molecule has 0 saturated carbocycles. The molecular formula is C13H16BrN3O. The van der Waals surface area contributed by atoms with Crippen molar-refractivity contribution in [2.45, 2.75) is 26.8 Å². The Balaban J connectivity index is 1.92. The van der Waals surface area contributed by atoms with Crippen molar-refractivity contribution in [2.24, 2.45) is 5.92 Å². The van der Waals surface area contributed by atoms with Gasteiger partial charge in [-0.2, -0.15) is 4.98 Å². The molecule has 18 heavy (non-hydrogen) atoms. The van der Waals surface area contributed by atoms with Gasteiger partial charge in [-0.1, -0.05) is 41.0 Å². The van der Waals surface area contributed by atoms with Crippen molar-refractivity contribution in [2.75, 3.05) is 5.32 Å². The molecule has 0 spiro atoms. The lowest BCUT2D eigenvalue weighted by Crippen LogP contribution is -2.00. The molecule has 0 unspecified atom stereocenters. The summed E-state index contributed by atoms with van der Waals surface area (Å²) in [5, 5.41) is 7.19. The lowest BCUT2D eigenvalue weighted by Gasteiger charge is -2.02. The molecule has 0 radical (unpaired) electrons. The van der Waals surface area contributed by atoms with E-state index in [4.69, 9.17) is 4.52 Å². The van der Waals surface area contributed by atoms with Gasteiger partial charge in [-0.05, 0) is 24.1 Å². The molecule has 0 saturated heterocycles. The van der Waals surface area contributed by atoms with E-state index in [2.05, 4.69) is 45.2 Å². The van der Waals surface area contributed by atoms with Gasteiger partial charge in [0.15, 0.2) is 5.82 Å². The van der Waals surface area contributed by atoms with E-state index in [-0.39, 0.29) is 0 Å². The maximum Gasteiger partial charge on any atom is 0.245 e. The number of rotatable bonds is 5. The summed E-state index contributed by atoms with van der Waals surface area (Å²) >= 11 is 3.43. The van der Waals surface area contributed by atoms with Crippen LogP contribution in [0.5, 0.6) is 0 Å². The standard InChI is InChI=1S/C13H16BrN3O/c1-9(2)6-12-16-13(18-17-12)8-15-11-5-3-4-10(14)7-11/h3-5,7,9,15H,6,8H2,1-2H3. The fourth-order valence-corrected chi connectivity index (χ4v) is 1.99. The number of hydrogen-bond acceptors (Lipinski definition) is 4. The van der Waals surface area contributed by atoms with Gasteiger partial charge in [-0.25, -0.2) is 0 Å². The van der Waals surface area contributed by atoms with Crippen LogP contribution in [0.4, 0.5) is 5.69 Å². The van der Waals surface area contributed by atoms with Crippen LogP contribution in [0.2, 0.25) is 0 Å². The van der Waals surface area contributed by atoms with Crippen LogP contribution in [0.3, 0.4) is 0 Å². The van der Waals surface area contributed by atoms with E-state index in [0.717, 1.165) is 22.4 Å². The van der Waals surface area contributed by atoms with E-state index >= 15 is 0 Å². The molecule has 4 nitrogen and oxygen atoms in total. The first-order chi connectivity index (χ1) is 8.63. The lowest BCUT2D eigenvalue weighted by molar-refractivity contribution is 0.375. The van der Waals surface area contributed by atoms with Gasteiger partial charge in [-0.15, -0.1) is 0 Å². The smallest absolute Gasteiger partial charge is 0.245 e. The van der Waals surface area contributed by atoms with E-state index < -0.39 is 0 Å². The van der Waals surface area contributed by atoms with Crippen molar-refractivity contribution < 1.29 is 4.52 Å². The molecule has 0 fully saturated rings. The first-order valence-corrected chi connectivity index (χ1v) is 6.73. The third-order valence-electron chi connectivity index (χ3n) is 2.37. The second kappa shape index (κ2) is 6.00. The van der Waals surface area contributed by atoms with Gasteiger partial charge in [0, 0.05) is 16.6 Å². The van der Waals surface area contributed by atoms with Crippen LogP contribution in [0.15, 0.2) is 33.3 Å². The Labute approximate surface area is 115 Å². The molecule has 0 bridgehead atoms. The lowest BCUT2D eigenvalue weighted by atomic mass is 10.1. The molecule has 1 aromatic carbocycles. The first kappa shape index (κ1) is 13.1. The zero-order valence-corrected chi connectivity index (χ0v) is 12.1. The molecule has 5 heteroatoms. The zero-order chi connectivity index (χ0) is 13.0. The summed E-state index contributed by atoms with van der Waals surface area (Å²) in [5.41, 5.74) is 1.02. The van der Waals surface area contributed by atoms with Gasteiger partial charge in [0.1, 0.15) is 0 Å². The van der Waals surface area contributed by atoms with Gasteiger partial charge in [-0.3, -0.25) is 0 Å². The topological polar surface area (TPSA) is 51.0 Å². The molecular weight excluding hydrogens is 294 g/mol. The Morgan fingerprint density at radius 3 is 2.94 bits per heavy atom. The summed E-state index contributed by atoms with van der Waals surface area (Å²) in [4.78, 5) is 4.34. The predicted molar refractivity (Wildman–Crippen MR) is 74.3 cm³/mol. The van der Waals surface area contributed by atoms with Crippen LogP contribution >= 0.6 is 15.9 Å². The minimum atomic E-state index is 0.536. The van der Waals surface area contributed by atoms with E-state index in [0.29, 0.717) is 18.4 Å². The number of benzene rings is 1. The number of aromatic nitrogens is 2. The van der Waals surface area contributed by atoms with Gasteiger partial charge >= 0.3 is 0 Å². The van der Waals surface area contributed by atoms with Crippen LogP contribution in [0.25, 0.3) is 0 Å². The second-order valence-corrected chi connectivity index (χ2v) is 5.48. The fourth-order valence-electron chi connectivity index (χ4n) is 1.59. The van der Waals surface area contributed by atoms with Crippen LogP contribution < -0.4 is 5.32 Å². The second-order valence-electron chi connectivity index (χ2n) is 4.57. The highest BCUT2D eigenvalue weighted by molar-refractivity contribution is 9.10. The molecule has 2 rings (SSSR count). The maximum absolute atomic E-state index is 5.18. The normalized spacial score (nSPS) is 10.9. The molecule has 0 amide bonds.